The summed E-state index contributed by atoms with van der Waals surface area (Å²) in [4.78, 5) is 0. The molecular formula is C5H10N2OS. The van der Waals surface area contributed by atoms with Crippen LogP contribution in [0.4, 0.5) is 0 Å². The van der Waals surface area contributed by atoms with Crippen LogP contribution in [0.15, 0.2) is 0 Å². The van der Waals surface area contributed by atoms with Crippen LogP contribution in [-0.4, -0.2) is 24.4 Å². The zero-order chi connectivity index (χ0) is 6.69. The quantitative estimate of drug-likeness (QED) is 0.495. The summed E-state index contributed by atoms with van der Waals surface area (Å²) >= 11 is 4.64. The fourth-order valence-corrected chi connectivity index (χ4v) is 1.02. The standard InChI is InChI=1S/C5H10N2OS/c6-5(9)7-4-1-2-8-3-4/h4H,1-3H2,(H3,6,7,9). The van der Waals surface area contributed by atoms with E-state index in [1.54, 1.807) is 0 Å². The van der Waals surface area contributed by atoms with Gasteiger partial charge in [-0.25, -0.2) is 0 Å². The summed E-state index contributed by atoms with van der Waals surface area (Å²) in [5.41, 5.74) is 5.24. The van der Waals surface area contributed by atoms with E-state index in [0.717, 1.165) is 19.6 Å². The van der Waals surface area contributed by atoms with Gasteiger partial charge >= 0.3 is 0 Å². The molecule has 1 heterocycles. The van der Waals surface area contributed by atoms with Crippen molar-refractivity contribution in [1.29, 1.82) is 0 Å². The van der Waals surface area contributed by atoms with Crippen molar-refractivity contribution in [3.8, 4) is 0 Å². The number of hydrogen-bond donors (Lipinski definition) is 2. The van der Waals surface area contributed by atoms with E-state index in [2.05, 4.69) is 17.5 Å². The van der Waals surface area contributed by atoms with Crippen LogP contribution in [0.3, 0.4) is 0 Å². The highest BCUT2D eigenvalue weighted by molar-refractivity contribution is 7.80. The van der Waals surface area contributed by atoms with Gasteiger partial charge in [-0.15, -0.1) is 0 Å². The number of ether oxygens (including phenoxy) is 1. The van der Waals surface area contributed by atoms with E-state index in [-0.39, 0.29) is 0 Å². The van der Waals surface area contributed by atoms with Gasteiger partial charge in [0.2, 0.25) is 0 Å². The third-order valence-corrected chi connectivity index (χ3v) is 1.39. The predicted molar refractivity (Wildman–Crippen MR) is 39.1 cm³/mol. The second kappa shape index (κ2) is 2.98. The maximum absolute atomic E-state index is 5.24. The van der Waals surface area contributed by atoms with E-state index in [4.69, 9.17) is 10.5 Å². The molecule has 0 aromatic heterocycles. The van der Waals surface area contributed by atoms with E-state index in [1.165, 1.54) is 0 Å². The molecule has 0 bridgehead atoms. The molecule has 0 spiro atoms. The molecule has 0 aliphatic carbocycles. The van der Waals surface area contributed by atoms with Crippen molar-refractivity contribution in [3.05, 3.63) is 0 Å². The molecule has 0 radical (unpaired) electrons. The molecule has 1 saturated heterocycles. The Morgan fingerprint density at radius 2 is 2.56 bits per heavy atom. The fourth-order valence-electron chi connectivity index (χ4n) is 0.850. The van der Waals surface area contributed by atoms with E-state index >= 15 is 0 Å². The van der Waals surface area contributed by atoms with Crippen LogP contribution in [0.1, 0.15) is 6.42 Å². The second-order valence-electron chi connectivity index (χ2n) is 2.07. The highest BCUT2D eigenvalue weighted by atomic mass is 32.1. The Morgan fingerprint density at radius 1 is 1.78 bits per heavy atom. The number of rotatable bonds is 1. The molecule has 1 rings (SSSR count). The molecule has 0 saturated carbocycles. The normalized spacial score (nSPS) is 26.0. The molecular weight excluding hydrogens is 136 g/mol. The van der Waals surface area contributed by atoms with Gasteiger partial charge in [0.25, 0.3) is 0 Å². The fraction of sp³-hybridized carbons (Fsp3) is 0.800. The van der Waals surface area contributed by atoms with Gasteiger partial charge < -0.3 is 15.8 Å². The Bertz CT molecular complexity index is 112. The first-order chi connectivity index (χ1) is 4.29. The van der Waals surface area contributed by atoms with Crippen LogP contribution in [0.2, 0.25) is 0 Å². The molecule has 0 amide bonds. The Kier molecular flexibility index (Phi) is 2.24. The van der Waals surface area contributed by atoms with Gasteiger partial charge in [0.15, 0.2) is 5.11 Å². The van der Waals surface area contributed by atoms with Gasteiger partial charge in [0, 0.05) is 6.61 Å². The van der Waals surface area contributed by atoms with Crippen molar-refractivity contribution in [1.82, 2.24) is 5.32 Å². The summed E-state index contributed by atoms with van der Waals surface area (Å²) < 4.78 is 5.08. The Labute approximate surface area is 59.6 Å². The maximum Gasteiger partial charge on any atom is 0.163 e. The first kappa shape index (κ1) is 6.77. The average Bonchev–Trinajstić information content (AvgIpc) is 2.15. The molecule has 1 aliphatic heterocycles. The minimum atomic E-state index is 0.350. The smallest absolute Gasteiger partial charge is 0.163 e. The maximum atomic E-state index is 5.24. The Hall–Kier alpha value is -0.350. The molecule has 3 nitrogen and oxygen atoms in total. The number of thiocarbonyl (C=S) groups is 1. The molecule has 1 fully saturated rings. The van der Waals surface area contributed by atoms with Crippen LogP contribution in [0, 0.1) is 0 Å². The summed E-state index contributed by atoms with van der Waals surface area (Å²) in [7, 11) is 0. The predicted octanol–water partition coefficient (Wildman–Crippen LogP) is -0.391. The van der Waals surface area contributed by atoms with E-state index in [1.807, 2.05) is 0 Å². The SMILES string of the molecule is NC(=S)NC1CCOC1. The van der Waals surface area contributed by atoms with Crippen LogP contribution >= 0.6 is 12.2 Å². The van der Waals surface area contributed by atoms with Gasteiger partial charge in [0.05, 0.1) is 12.6 Å². The van der Waals surface area contributed by atoms with Crippen LogP contribution in [0.5, 0.6) is 0 Å². The third-order valence-electron chi connectivity index (χ3n) is 1.28. The second-order valence-corrected chi connectivity index (χ2v) is 2.51. The molecule has 0 aromatic carbocycles. The van der Waals surface area contributed by atoms with Gasteiger partial charge in [-0.3, -0.25) is 0 Å². The Morgan fingerprint density at radius 3 is 3.00 bits per heavy atom. The minimum absolute atomic E-state index is 0.350. The first-order valence-corrected chi connectivity index (χ1v) is 3.33. The van der Waals surface area contributed by atoms with Crippen LogP contribution in [-0.2, 0) is 4.74 Å². The van der Waals surface area contributed by atoms with Gasteiger partial charge in [-0.1, -0.05) is 0 Å². The topological polar surface area (TPSA) is 47.3 Å². The van der Waals surface area contributed by atoms with E-state index < -0.39 is 0 Å². The molecule has 52 valence electrons. The van der Waals surface area contributed by atoms with Crippen molar-refractivity contribution in [2.45, 2.75) is 12.5 Å². The summed E-state index contributed by atoms with van der Waals surface area (Å²) in [6.45, 7) is 1.55. The molecule has 1 atom stereocenters. The summed E-state index contributed by atoms with van der Waals surface area (Å²) in [6, 6.07) is 0.350. The zero-order valence-corrected chi connectivity index (χ0v) is 5.91. The number of nitrogens with two attached hydrogens (primary N) is 1. The van der Waals surface area contributed by atoms with Crippen molar-refractivity contribution in [2.24, 2.45) is 5.73 Å². The third kappa shape index (κ3) is 2.15. The zero-order valence-electron chi connectivity index (χ0n) is 5.09. The van der Waals surface area contributed by atoms with Gasteiger partial charge in [-0.05, 0) is 18.6 Å². The lowest BCUT2D eigenvalue weighted by molar-refractivity contribution is 0.192. The van der Waals surface area contributed by atoms with Crippen molar-refractivity contribution < 1.29 is 4.74 Å². The van der Waals surface area contributed by atoms with Crippen LogP contribution < -0.4 is 11.1 Å². The molecule has 1 unspecified atom stereocenters. The van der Waals surface area contributed by atoms with Crippen molar-refractivity contribution in [3.63, 3.8) is 0 Å². The minimum Gasteiger partial charge on any atom is -0.379 e. The molecule has 9 heavy (non-hydrogen) atoms. The highest BCUT2D eigenvalue weighted by Crippen LogP contribution is 2.01. The van der Waals surface area contributed by atoms with E-state index in [0.29, 0.717) is 11.2 Å². The monoisotopic (exact) mass is 146 g/mol. The Balaban J connectivity index is 2.19. The summed E-state index contributed by atoms with van der Waals surface area (Å²) in [5.74, 6) is 0. The van der Waals surface area contributed by atoms with Gasteiger partial charge in [-0.2, -0.15) is 0 Å². The lowest BCUT2D eigenvalue weighted by atomic mass is 10.3. The van der Waals surface area contributed by atoms with Gasteiger partial charge in [0.1, 0.15) is 0 Å². The van der Waals surface area contributed by atoms with E-state index in [9.17, 15) is 0 Å². The number of hydrogen-bond acceptors (Lipinski definition) is 2. The average molecular weight is 146 g/mol. The molecule has 0 aromatic rings. The summed E-state index contributed by atoms with van der Waals surface area (Å²) in [6.07, 6.45) is 1.01. The van der Waals surface area contributed by atoms with Crippen molar-refractivity contribution in [2.75, 3.05) is 13.2 Å². The molecule has 3 N–H and O–H groups in total. The molecule has 1 aliphatic rings. The molecule has 4 heteroatoms. The lowest BCUT2D eigenvalue weighted by Crippen LogP contribution is -2.38. The number of nitrogens with one attached hydrogen (secondary N) is 1. The lowest BCUT2D eigenvalue weighted by Gasteiger charge is -2.08. The first-order valence-electron chi connectivity index (χ1n) is 2.93. The highest BCUT2D eigenvalue weighted by Gasteiger charge is 2.14. The van der Waals surface area contributed by atoms with Crippen molar-refractivity contribution >= 4 is 17.3 Å². The van der Waals surface area contributed by atoms with Crippen LogP contribution in [0.25, 0.3) is 0 Å². The summed E-state index contributed by atoms with van der Waals surface area (Å²) in [5, 5.41) is 3.29. The largest absolute Gasteiger partial charge is 0.379 e.